The maximum absolute atomic E-state index is 12.2. The lowest BCUT2D eigenvalue weighted by atomic mass is 10.1. The molecule has 7 heteroatoms. The predicted molar refractivity (Wildman–Crippen MR) is 92.0 cm³/mol. The molecule has 1 amide bonds. The molecule has 0 spiro atoms. The molecule has 3 N–H and O–H groups in total. The highest BCUT2D eigenvalue weighted by Gasteiger charge is 2.28. The van der Waals surface area contributed by atoms with Gasteiger partial charge in [-0.05, 0) is 37.0 Å². The SMILES string of the molecule is Cl.NC(CNC(=O)CCC(=O)c1ccc2c(c1)OCCO2)C1CC1. The van der Waals surface area contributed by atoms with E-state index in [-0.39, 0.29) is 43.0 Å². The zero-order valence-electron chi connectivity index (χ0n) is 13.5. The summed E-state index contributed by atoms with van der Waals surface area (Å²) < 4.78 is 10.9. The Morgan fingerprint density at radius 3 is 2.58 bits per heavy atom. The number of fused-ring (bicyclic) bond motifs is 1. The molecule has 2 aliphatic rings. The lowest BCUT2D eigenvalue weighted by Crippen LogP contribution is -2.38. The Bertz CT molecular complexity index is 604. The van der Waals surface area contributed by atoms with Gasteiger partial charge in [-0.3, -0.25) is 9.59 Å². The van der Waals surface area contributed by atoms with Crippen LogP contribution in [0, 0.1) is 5.92 Å². The second-order valence-electron chi connectivity index (χ2n) is 6.09. The lowest BCUT2D eigenvalue weighted by Gasteiger charge is -2.18. The van der Waals surface area contributed by atoms with Crippen LogP contribution in [0.2, 0.25) is 0 Å². The minimum Gasteiger partial charge on any atom is -0.486 e. The average molecular weight is 355 g/mol. The van der Waals surface area contributed by atoms with Crippen LogP contribution in [0.15, 0.2) is 18.2 Å². The van der Waals surface area contributed by atoms with E-state index < -0.39 is 0 Å². The Balaban J connectivity index is 0.00000208. The summed E-state index contributed by atoms with van der Waals surface area (Å²) in [6.45, 7) is 1.49. The molecule has 1 aliphatic heterocycles. The minimum atomic E-state index is -0.132. The van der Waals surface area contributed by atoms with E-state index in [0.29, 0.717) is 42.7 Å². The van der Waals surface area contributed by atoms with Crippen molar-refractivity contribution in [1.29, 1.82) is 0 Å². The minimum absolute atomic E-state index is 0. The summed E-state index contributed by atoms with van der Waals surface area (Å²) in [4.78, 5) is 24.0. The van der Waals surface area contributed by atoms with Crippen LogP contribution in [0.4, 0.5) is 0 Å². The molecule has 1 aromatic rings. The van der Waals surface area contributed by atoms with Gasteiger partial charge >= 0.3 is 0 Å². The van der Waals surface area contributed by atoms with Crippen LogP contribution in [-0.2, 0) is 4.79 Å². The molecular weight excluding hydrogens is 332 g/mol. The molecule has 6 nitrogen and oxygen atoms in total. The monoisotopic (exact) mass is 354 g/mol. The van der Waals surface area contributed by atoms with Crippen molar-refractivity contribution >= 4 is 24.1 Å². The Labute approximate surface area is 147 Å². The van der Waals surface area contributed by atoms with E-state index in [2.05, 4.69) is 5.32 Å². The maximum Gasteiger partial charge on any atom is 0.220 e. The van der Waals surface area contributed by atoms with Gasteiger partial charge in [-0.25, -0.2) is 0 Å². The molecule has 132 valence electrons. The maximum atomic E-state index is 12.2. The average Bonchev–Trinajstić information content (AvgIpc) is 3.42. The van der Waals surface area contributed by atoms with Gasteiger partial charge in [-0.15, -0.1) is 12.4 Å². The van der Waals surface area contributed by atoms with Crippen molar-refractivity contribution in [1.82, 2.24) is 5.32 Å². The second kappa shape index (κ2) is 8.35. The third kappa shape index (κ3) is 4.85. The van der Waals surface area contributed by atoms with Crippen LogP contribution >= 0.6 is 12.4 Å². The standard InChI is InChI=1S/C17H22N2O4.ClH/c18-13(11-1-2-11)10-19-17(21)6-4-14(20)12-3-5-15-16(9-12)23-8-7-22-15;/h3,5,9,11,13H,1-2,4,6-8,10,18H2,(H,19,21);1H. The lowest BCUT2D eigenvalue weighted by molar-refractivity contribution is -0.121. The number of benzene rings is 1. The molecule has 1 aromatic carbocycles. The number of carbonyl (C=O) groups excluding carboxylic acids is 2. The van der Waals surface area contributed by atoms with Gasteiger partial charge in [0.2, 0.25) is 5.91 Å². The number of hydrogen-bond acceptors (Lipinski definition) is 5. The van der Waals surface area contributed by atoms with Crippen molar-refractivity contribution in [2.45, 2.75) is 31.7 Å². The highest BCUT2D eigenvalue weighted by molar-refractivity contribution is 5.98. The van der Waals surface area contributed by atoms with E-state index in [0.717, 1.165) is 12.8 Å². The summed E-state index contributed by atoms with van der Waals surface area (Å²) in [7, 11) is 0. The first-order valence-electron chi connectivity index (χ1n) is 8.08. The van der Waals surface area contributed by atoms with Crippen molar-refractivity contribution in [2.24, 2.45) is 11.7 Å². The largest absolute Gasteiger partial charge is 0.486 e. The molecular formula is C17H23ClN2O4. The first kappa shape index (κ1) is 18.5. The van der Waals surface area contributed by atoms with Gasteiger partial charge in [0.1, 0.15) is 13.2 Å². The molecule has 0 radical (unpaired) electrons. The van der Waals surface area contributed by atoms with Crippen LogP contribution in [0.3, 0.4) is 0 Å². The number of ether oxygens (including phenoxy) is 2. The number of amides is 1. The summed E-state index contributed by atoms with van der Waals surface area (Å²) in [6.07, 6.45) is 2.65. The van der Waals surface area contributed by atoms with Crippen LogP contribution in [0.25, 0.3) is 0 Å². The van der Waals surface area contributed by atoms with Gasteiger partial charge in [-0.1, -0.05) is 0 Å². The van der Waals surface area contributed by atoms with Crippen LogP contribution in [0.5, 0.6) is 11.5 Å². The third-order valence-corrected chi connectivity index (χ3v) is 4.21. The number of halogens is 1. The molecule has 1 atom stereocenters. The third-order valence-electron chi connectivity index (χ3n) is 4.21. The molecule has 0 saturated heterocycles. The molecule has 1 heterocycles. The predicted octanol–water partition coefficient (Wildman–Crippen LogP) is 1.70. The molecule has 0 aromatic heterocycles. The molecule has 1 unspecified atom stereocenters. The number of nitrogens with one attached hydrogen (secondary N) is 1. The Morgan fingerprint density at radius 1 is 1.17 bits per heavy atom. The van der Waals surface area contributed by atoms with Crippen molar-refractivity contribution in [3.63, 3.8) is 0 Å². The molecule has 1 aliphatic carbocycles. The Kier molecular flexibility index (Phi) is 6.45. The van der Waals surface area contributed by atoms with E-state index in [1.165, 1.54) is 0 Å². The fourth-order valence-corrected chi connectivity index (χ4v) is 2.60. The molecule has 1 fully saturated rings. The highest BCUT2D eigenvalue weighted by Crippen LogP contribution is 2.32. The topological polar surface area (TPSA) is 90.7 Å². The molecule has 3 rings (SSSR count). The number of hydrogen-bond donors (Lipinski definition) is 2. The first-order valence-corrected chi connectivity index (χ1v) is 8.08. The quantitative estimate of drug-likeness (QED) is 0.727. The van der Waals surface area contributed by atoms with Crippen LogP contribution in [-0.4, -0.2) is 37.5 Å². The van der Waals surface area contributed by atoms with Gasteiger partial charge < -0.3 is 20.5 Å². The Hall–Kier alpha value is -1.79. The molecule has 24 heavy (non-hydrogen) atoms. The number of Topliss-reactive ketones (excluding diaryl/α,β-unsaturated/α-hetero) is 1. The first-order chi connectivity index (χ1) is 11.1. The molecule has 0 bridgehead atoms. The van der Waals surface area contributed by atoms with Crippen molar-refractivity contribution in [2.75, 3.05) is 19.8 Å². The number of carbonyl (C=O) groups is 2. The Morgan fingerprint density at radius 2 is 1.88 bits per heavy atom. The fourth-order valence-electron chi connectivity index (χ4n) is 2.60. The number of ketones is 1. The summed E-state index contributed by atoms with van der Waals surface area (Å²) in [6, 6.07) is 5.15. The fraction of sp³-hybridized carbons (Fsp3) is 0.529. The van der Waals surface area contributed by atoms with E-state index in [1.54, 1.807) is 18.2 Å². The summed E-state index contributed by atoms with van der Waals surface area (Å²) in [5, 5.41) is 2.80. The zero-order valence-corrected chi connectivity index (χ0v) is 14.3. The molecule has 1 saturated carbocycles. The van der Waals surface area contributed by atoms with Gasteiger partial charge in [0.25, 0.3) is 0 Å². The number of rotatable bonds is 7. The summed E-state index contributed by atoms with van der Waals surface area (Å²) in [5.74, 6) is 1.58. The van der Waals surface area contributed by atoms with Gasteiger partial charge in [0.05, 0.1) is 0 Å². The van der Waals surface area contributed by atoms with E-state index >= 15 is 0 Å². The van der Waals surface area contributed by atoms with Gasteiger partial charge in [0.15, 0.2) is 17.3 Å². The number of nitrogens with two attached hydrogens (primary N) is 1. The van der Waals surface area contributed by atoms with E-state index in [1.807, 2.05) is 0 Å². The van der Waals surface area contributed by atoms with Crippen LogP contribution in [0.1, 0.15) is 36.0 Å². The van der Waals surface area contributed by atoms with Gasteiger partial charge in [0, 0.05) is 31.0 Å². The van der Waals surface area contributed by atoms with Gasteiger partial charge in [-0.2, -0.15) is 0 Å². The normalized spacial score (nSPS) is 16.7. The summed E-state index contributed by atoms with van der Waals surface area (Å²) in [5.41, 5.74) is 6.47. The van der Waals surface area contributed by atoms with Crippen molar-refractivity contribution < 1.29 is 19.1 Å². The van der Waals surface area contributed by atoms with Crippen molar-refractivity contribution in [3.8, 4) is 11.5 Å². The zero-order chi connectivity index (χ0) is 16.2. The second-order valence-corrected chi connectivity index (χ2v) is 6.09. The highest BCUT2D eigenvalue weighted by atomic mass is 35.5. The van der Waals surface area contributed by atoms with Crippen molar-refractivity contribution in [3.05, 3.63) is 23.8 Å². The summed E-state index contributed by atoms with van der Waals surface area (Å²) >= 11 is 0. The smallest absolute Gasteiger partial charge is 0.220 e. The van der Waals surface area contributed by atoms with E-state index in [9.17, 15) is 9.59 Å². The van der Waals surface area contributed by atoms with Crippen LogP contribution < -0.4 is 20.5 Å². The van der Waals surface area contributed by atoms with E-state index in [4.69, 9.17) is 15.2 Å².